The van der Waals surface area contributed by atoms with Crippen LogP contribution in [0.25, 0.3) is 0 Å². The normalized spacial score (nSPS) is 12.6. The lowest BCUT2D eigenvalue weighted by atomic mass is 9.88. The minimum atomic E-state index is -0.474. The van der Waals surface area contributed by atoms with Crippen molar-refractivity contribution < 1.29 is 9.90 Å². The van der Waals surface area contributed by atoms with Crippen molar-refractivity contribution in [3.05, 3.63) is 88.8 Å². The Kier molecular flexibility index (Phi) is 10.4. The topological polar surface area (TPSA) is 113 Å². The minimum Gasteiger partial charge on any atom is -0.399 e. The molecule has 0 saturated heterocycles. The second kappa shape index (κ2) is 13.7. The molecular formula is C31H41N5O2. The Hall–Kier alpha value is -3.71. The average molecular weight is 516 g/mol. The van der Waals surface area contributed by atoms with Gasteiger partial charge in [-0.25, -0.2) is 9.97 Å². The summed E-state index contributed by atoms with van der Waals surface area (Å²) in [6.07, 6.45) is 4.78. The van der Waals surface area contributed by atoms with Crippen molar-refractivity contribution in [3.63, 3.8) is 0 Å². The van der Waals surface area contributed by atoms with Gasteiger partial charge in [0.2, 0.25) is 5.95 Å². The highest BCUT2D eigenvalue weighted by Crippen LogP contribution is 2.24. The maximum absolute atomic E-state index is 12.5. The van der Waals surface area contributed by atoms with Crippen LogP contribution in [-0.4, -0.2) is 33.6 Å². The first-order chi connectivity index (χ1) is 18.2. The summed E-state index contributed by atoms with van der Waals surface area (Å²) in [6.45, 7) is 13.0. The number of carbonyl (C=O) groups is 1. The van der Waals surface area contributed by atoms with Gasteiger partial charge in [0, 0.05) is 36.1 Å². The molecule has 2 atom stereocenters. The van der Waals surface area contributed by atoms with Crippen LogP contribution in [0.15, 0.2) is 60.8 Å². The molecule has 1 heterocycles. The summed E-state index contributed by atoms with van der Waals surface area (Å²) in [5.74, 6) is 0.399. The van der Waals surface area contributed by atoms with Crippen molar-refractivity contribution in [2.45, 2.75) is 65.9 Å². The summed E-state index contributed by atoms with van der Waals surface area (Å²) in [5.41, 5.74) is 13.2. The summed E-state index contributed by atoms with van der Waals surface area (Å²) < 4.78 is 0. The highest BCUT2D eigenvalue weighted by molar-refractivity contribution is 5.94. The lowest BCUT2D eigenvalue weighted by Crippen LogP contribution is -2.29. The first-order valence-electron chi connectivity index (χ1n) is 13.4. The number of hydrogen-bond donors (Lipinski definition) is 4. The van der Waals surface area contributed by atoms with Crippen molar-refractivity contribution in [1.29, 1.82) is 0 Å². The van der Waals surface area contributed by atoms with Crippen LogP contribution in [0, 0.1) is 19.8 Å². The molecule has 38 heavy (non-hydrogen) atoms. The summed E-state index contributed by atoms with van der Waals surface area (Å²) >= 11 is 0. The molecule has 0 saturated carbocycles. The third-order valence-corrected chi connectivity index (χ3v) is 6.72. The van der Waals surface area contributed by atoms with Crippen LogP contribution in [-0.2, 0) is 12.8 Å². The Morgan fingerprint density at radius 2 is 1.79 bits per heavy atom. The largest absolute Gasteiger partial charge is 0.399 e. The zero-order valence-electron chi connectivity index (χ0n) is 23.1. The van der Waals surface area contributed by atoms with Gasteiger partial charge >= 0.3 is 0 Å². The third-order valence-electron chi connectivity index (χ3n) is 6.72. The number of rotatable bonds is 13. The van der Waals surface area contributed by atoms with E-state index in [0.29, 0.717) is 49.4 Å². The number of carbonyl (C=O) groups excluding carboxylic acids is 1. The summed E-state index contributed by atoms with van der Waals surface area (Å²) in [7, 11) is 0. The van der Waals surface area contributed by atoms with Crippen LogP contribution in [0.5, 0.6) is 0 Å². The monoisotopic (exact) mass is 515 g/mol. The fourth-order valence-corrected chi connectivity index (χ4v) is 4.68. The van der Waals surface area contributed by atoms with Gasteiger partial charge in [-0.2, -0.15) is 0 Å². The third kappa shape index (κ3) is 8.42. The number of anilines is 3. The fraction of sp³-hybridized carbons (Fsp3) is 0.387. The Morgan fingerprint density at radius 1 is 1.11 bits per heavy atom. The number of aromatic nitrogens is 2. The first-order valence-corrected chi connectivity index (χ1v) is 13.4. The van der Waals surface area contributed by atoms with E-state index in [2.05, 4.69) is 61.2 Å². The van der Waals surface area contributed by atoms with Crippen molar-refractivity contribution in [3.8, 4) is 0 Å². The molecule has 3 rings (SSSR count). The van der Waals surface area contributed by atoms with Crippen molar-refractivity contribution in [2.24, 2.45) is 5.92 Å². The zero-order chi connectivity index (χ0) is 27.7. The van der Waals surface area contributed by atoms with Crippen LogP contribution in [0.4, 0.5) is 17.3 Å². The molecule has 5 N–H and O–H groups in total. The molecule has 7 heteroatoms. The van der Waals surface area contributed by atoms with Crippen LogP contribution in [0.2, 0.25) is 0 Å². The van der Waals surface area contributed by atoms with Gasteiger partial charge in [0.25, 0.3) is 5.91 Å². The van der Waals surface area contributed by atoms with Gasteiger partial charge in [-0.3, -0.25) is 4.79 Å². The molecule has 0 radical (unpaired) electrons. The van der Waals surface area contributed by atoms with Crippen LogP contribution < -0.4 is 16.4 Å². The summed E-state index contributed by atoms with van der Waals surface area (Å²) in [4.78, 5) is 21.8. The number of nitrogens with one attached hydrogen (secondary N) is 2. The van der Waals surface area contributed by atoms with E-state index in [4.69, 9.17) is 10.7 Å². The van der Waals surface area contributed by atoms with Crippen molar-refractivity contribution >= 4 is 23.2 Å². The van der Waals surface area contributed by atoms with Crippen LogP contribution in [0.1, 0.15) is 65.9 Å². The molecule has 0 aliphatic carbocycles. The molecule has 0 bridgehead atoms. The number of aryl methyl sites for hydroxylation is 3. The molecule has 0 fully saturated rings. The summed E-state index contributed by atoms with van der Waals surface area (Å²) in [5, 5.41) is 17.0. The van der Waals surface area contributed by atoms with E-state index < -0.39 is 6.10 Å². The molecule has 7 nitrogen and oxygen atoms in total. The number of nitrogen functional groups attached to an aromatic ring is 1. The fourth-order valence-electron chi connectivity index (χ4n) is 4.68. The van der Waals surface area contributed by atoms with Gasteiger partial charge in [-0.15, -0.1) is 0 Å². The van der Waals surface area contributed by atoms with Gasteiger partial charge < -0.3 is 21.5 Å². The van der Waals surface area contributed by atoms with Gasteiger partial charge in [0.05, 0.1) is 11.8 Å². The number of allylic oxidation sites excluding steroid dienone is 1. The van der Waals surface area contributed by atoms with Gasteiger partial charge in [-0.1, -0.05) is 32.1 Å². The van der Waals surface area contributed by atoms with E-state index in [-0.39, 0.29) is 11.8 Å². The molecule has 0 aliphatic rings. The highest BCUT2D eigenvalue weighted by atomic mass is 16.3. The predicted octanol–water partition coefficient (Wildman–Crippen LogP) is 5.68. The van der Waals surface area contributed by atoms with Crippen molar-refractivity contribution in [2.75, 3.05) is 17.6 Å². The molecule has 0 spiro atoms. The Balaban J connectivity index is 1.63. The maximum atomic E-state index is 12.5. The molecule has 202 valence electrons. The van der Waals surface area contributed by atoms with E-state index >= 15 is 0 Å². The average Bonchev–Trinajstić information content (AvgIpc) is 2.87. The second-order valence-electron chi connectivity index (χ2n) is 10.1. The number of benzene rings is 2. The Bertz CT molecular complexity index is 1220. The first kappa shape index (κ1) is 28.9. The molecule has 1 amide bonds. The quantitative estimate of drug-likeness (QED) is 0.172. The van der Waals surface area contributed by atoms with Gasteiger partial charge in [0.15, 0.2) is 0 Å². The Labute approximate surface area is 226 Å². The molecular weight excluding hydrogens is 474 g/mol. The Morgan fingerprint density at radius 3 is 2.42 bits per heavy atom. The lowest BCUT2D eigenvalue weighted by molar-refractivity contribution is 0.0893. The van der Waals surface area contributed by atoms with E-state index in [0.717, 1.165) is 28.9 Å². The second-order valence-corrected chi connectivity index (χ2v) is 10.1. The van der Waals surface area contributed by atoms with E-state index in [1.807, 2.05) is 13.1 Å². The van der Waals surface area contributed by atoms with Crippen molar-refractivity contribution in [1.82, 2.24) is 15.3 Å². The number of nitrogens with zero attached hydrogens (tertiary/aromatic N) is 2. The van der Waals surface area contributed by atoms with E-state index in [1.54, 1.807) is 24.3 Å². The number of amides is 1. The minimum absolute atomic E-state index is 0.0148. The SMILES string of the molecule is C=C(Cc1nc(Nc2cc(C)cc(C)c2)ncc1CC)CC(CCNC(=O)c1ccc(N)cc1)C(O)CC. The standard InChI is InChI=1S/C31H41N5O2/c1-6-23-19-34-31(35-27-16-20(3)14-21(4)17-27)36-28(23)18-22(5)15-25(29(37)7-2)12-13-33-30(38)24-8-10-26(32)11-9-24/h8-11,14,16-17,19,25,29,37H,5-7,12-13,15,18,32H2,1-4H3,(H,33,38)(H,34,35,36). The van der Waals surface area contributed by atoms with Crippen LogP contribution >= 0.6 is 0 Å². The molecule has 2 aromatic carbocycles. The highest BCUT2D eigenvalue weighted by Gasteiger charge is 2.20. The van der Waals surface area contributed by atoms with Gasteiger partial charge in [0.1, 0.15) is 0 Å². The van der Waals surface area contributed by atoms with E-state index in [1.165, 1.54) is 11.1 Å². The van der Waals surface area contributed by atoms with Gasteiger partial charge in [-0.05, 0) is 98.5 Å². The maximum Gasteiger partial charge on any atom is 0.251 e. The summed E-state index contributed by atoms with van der Waals surface area (Å²) in [6, 6.07) is 13.1. The van der Waals surface area contributed by atoms with E-state index in [9.17, 15) is 9.90 Å². The molecule has 1 aromatic heterocycles. The number of hydrogen-bond acceptors (Lipinski definition) is 6. The van der Waals surface area contributed by atoms with Crippen LogP contribution in [0.3, 0.4) is 0 Å². The predicted molar refractivity (Wildman–Crippen MR) is 156 cm³/mol. The number of nitrogens with two attached hydrogens (primary N) is 1. The number of aliphatic hydroxyl groups excluding tert-OH is 1. The molecule has 2 unspecified atom stereocenters. The zero-order valence-corrected chi connectivity index (χ0v) is 23.1. The molecule has 0 aliphatic heterocycles. The lowest BCUT2D eigenvalue weighted by Gasteiger charge is -2.23. The smallest absolute Gasteiger partial charge is 0.251 e. The number of aliphatic hydroxyl groups is 1. The molecule has 3 aromatic rings.